The molecule has 3 N–H and O–H groups in total. The largest absolute Gasteiger partial charge is 0.496 e. The van der Waals surface area contributed by atoms with Gasteiger partial charge in [0.05, 0.1) is 40.5 Å². The van der Waals surface area contributed by atoms with Gasteiger partial charge >= 0.3 is 12.1 Å². The number of nitrogens with one attached hydrogen (secondary N) is 3. The number of anilines is 2. The van der Waals surface area contributed by atoms with E-state index < -0.39 is 40.6 Å². The highest BCUT2D eigenvalue weighted by Gasteiger charge is 2.34. The number of methoxy groups -OCH3 is 4. The summed E-state index contributed by atoms with van der Waals surface area (Å²) in [6.07, 6.45) is 1.38. The van der Waals surface area contributed by atoms with Gasteiger partial charge in [0, 0.05) is 39.2 Å². The molecular weight excluding hydrogens is 845 g/mol. The number of thioether (sulfide) groups is 1. The van der Waals surface area contributed by atoms with Crippen LogP contribution in [-0.4, -0.2) is 75.3 Å². The highest BCUT2D eigenvalue weighted by atomic mass is 32.2. The van der Waals surface area contributed by atoms with Crippen LogP contribution in [0.3, 0.4) is 0 Å². The van der Waals surface area contributed by atoms with E-state index in [1.807, 2.05) is 30.3 Å². The van der Waals surface area contributed by atoms with Crippen molar-refractivity contribution in [1.82, 2.24) is 10.2 Å². The second-order valence-corrected chi connectivity index (χ2v) is 17.3. The Balaban J connectivity index is 1.28. The van der Waals surface area contributed by atoms with Gasteiger partial charge in [0.15, 0.2) is 11.5 Å². The van der Waals surface area contributed by atoms with Crippen molar-refractivity contribution in [3.05, 3.63) is 135 Å². The average molecular weight is 893 g/mol. The number of fused-ring (bicyclic) bond motifs is 1. The molecule has 1 aliphatic heterocycles. The van der Waals surface area contributed by atoms with Crippen LogP contribution in [-0.2, 0) is 32.0 Å². The Morgan fingerprint density at radius 1 is 0.794 bits per heavy atom. The van der Waals surface area contributed by atoms with Crippen LogP contribution in [0.4, 0.5) is 15.5 Å². The molecule has 0 bridgehead atoms. The number of thiophene rings is 1. The number of rotatable bonds is 14. The number of benzene rings is 4. The number of carbonyl (C=O) groups excluding carboxylic acids is 5. The van der Waals surface area contributed by atoms with Crippen molar-refractivity contribution >= 4 is 69.6 Å². The van der Waals surface area contributed by atoms with Crippen molar-refractivity contribution in [2.24, 2.45) is 0 Å². The summed E-state index contributed by atoms with van der Waals surface area (Å²) in [5, 5.41) is 8.13. The number of amides is 4. The molecule has 63 heavy (non-hydrogen) atoms. The molecule has 1 aromatic heterocycles. The lowest BCUT2D eigenvalue weighted by Crippen LogP contribution is -2.39. The normalized spacial score (nSPS) is 12.9. The topological polar surface area (TPSA) is 171 Å². The fourth-order valence-electron chi connectivity index (χ4n) is 6.62. The Morgan fingerprint density at radius 2 is 1.46 bits per heavy atom. The maximum Gasteiger partial charge on any atom is 0.410 e. The molecule has 328 valence electrons. The van der Waals surface area contributed by atoms with Crippen molar-refractivity contribution in [3.8, 4) is 17.2 Å². The zero-order valence-corrected chi connectivity index (χ0v) is 37.5. The molecule has 0 saturated carbocycles. The Bertz CT molecular complexity index is 2520. The number of ether oxygens (including phenoxy) is 5. The van der Waals surface area contributed by atoms with Gasteiger partial charge in [-0.2, -0.15) is 0 Å². The Morgan fingerprint density at radius 3 is 2.11 bits per heavy atom. The predicted octanol–water partition coefficient (Wildman–Crippen LogP) is 8.74. The van der Waals surface area contributed by atoms with E-state index >= 15 is 0 Å². The van der Waals surface area contributed by atoms with Gasteiger partial charge in [-0.3, -0.25) is 14.4 Å². The van der Waals surface area contributed by atoms with Crippen molar-refractivity contribution in [2.75, 3.05) is 45.6 Å². The van der Waals surface area contributed by atoms with Crippen LogP contribution in [0.25, 0.3) is 6.08 Å². The molecule has 1 atom stereocenters. The van der Waals surface area contributed by atoms with Gasteiger partial charge in [-0.25, -0.2) is 9.59 Å². The van der Waals surface area contributed by atoms with E-state index in [0.717, 1.165) is 4.88 Å². The van der Waals surface area contributed by atoms with Crippen molar-refractivity contribution < 1.29 is 47.7 Å². The summed E-state index contributed by atoms with van der Waals surface area (Å²) >= 11 is 2.45. The maximum atomic E-state index is 14.4. The van der Waals surface area contributed by atoms with Gasteiger partial charge in [-0.1, -0.05) is 54.6 Å². The molecule has 0 aliphatic carbocycles. The fraction of sp³-hybridized carbons (Fsp3) is 0.255. The smallest absolute Gasteiger partial charge is 0.410 e. The minimum Gasteiger partial charge on any atom is -0.496 e. The van der Waals surface area contributed by atoms with Gasteiger partial charge < -0.3 is 44.5 Å². The quantitative estimate of drug-likeness (QED) is 0.0553. The zero-order valence-electron chi connectivity index (χ0n) is 35.9. The van der Waals surface area contributed by atoms with Crippen LogP contribution in [0.15, 0.2) is 108 Å². The van der Waals surface area contributed by atoms with Gasteiger partial charge in [0.25, 0.3) is 11.8 Å². The van der Waals surface area contributed by atoms with E-state index in [0.29, 0.717) is 68.1 Å². The van der Waals surface area contributed by atoms with Crippen LogP contribution < -0.4 is 30.2 Å². The summed E-state index contributed by atoms with van der Waals surface area (Å²) in [5.41, 5.74) is 2.02. The Hall–Kier alpha value is -6.78. The van der Waals surface area contributed by atoms with Gasteiger partial charge in [0.2, 0.25) is 5.91 Å². The molecule has 0 radical (unpaired) electrons. The van der Waals surface area contributed by atoms with E-state index in [1.165, 1.54) is 57.6 Å². The maximum absolute atomic E-state index is 14.4. The molecule has 1 unspecified atom stereocenters. The third-order valence-corrected chi connectivity index (χ3v) is 12.0. The van der Waals surface area contributed by atoms with E-state index in [1.54, 1.807) is 92.4 Å². The summed E-state index contributed by atoms with van der Waals surface area (Å²) in [6.45, 7) is 5.92. The van der Waals surface area contributed by atoms with Gasteiger partial charge in [-0.15, -0.1) is 23.1 Å². The number of carbonyl (C=O) groups is 5. The first-order valence-electron chi connectivity index (χ1n) is 19.7. The standard InChI is InChI=1S/C47H48N4O10S2/c1-47(2,3)61-46(56)51-22-21-33-38(27-51)63-44(39(33)45(55)60-7)50-43(54)40(28-15-10-8-11-16-28)62-32-20-14-19-31(25-32)48-42(53)34(49-41(52)29-17-12-9-13-18-29)23-30-24-36(58-5)37(59-6)26-35(30)57-4/h8-20,23-26,40H,21-22,27H2,1-7H3,(H,48,53)(H,49,52)(H,50,54)/b34-23+. The molecule has 1 aliphatic rings. The van der Waals surface area contributed by atoms with Crippen LogP contribution in [0.1, 0.15) is 68.3 Å². The molecule has 0 fully saturated rings. The first-order chi connectivity index (χ1) is 30.2. The van der Waals surface area contributed by atoms with E-state index in [2.05, 4.69) is 16.0 Å². The van der Waals surface area contributed by atoms with Crippen molar-refractivity contribution in [1.29, 1.82) is 0 Å². The first-order valence-corrected chi connectivity index (χ1v) is 21.4. The predicted molar refractivity (Wildman–Crippen MR) is 243 cm³/mol. The van der Waals surface area contributed by atoms with E-state index in [-0.39, 0.29) is 17.8 Å². The molecular formula is C47H48N4O10S2. The third-order valence-electron chi connectivity index (χ3n) is 9.59. The molecule has 16 heteroatoms. The Kier molecular flexibility index (Phi) is 14.8. The molecule has 0 spiro atoms. The van der Waals surface area contributed by atoms with Crippen LogP contribution >= 0.6 is 23.1 Å². The zero-order chi connectivity index (χ0) is 45.3. The van der Waals surface area contributed by atoms with Crippen molar-refractivity contribution in [2.45, 2.75) is 49.5 Å². The minimum atomic E-state index is -0.821. The van der Waals surface area contributed by atoms with E-state index in [4.69, 9.17) is 23.7 Å². The van der Waals surface area contributed by atoms with Gasteiger partial charge in [0.1, 0.15) is 27.3 Å². The molecule has 0 saturated heterocycles. The first kappa shape index (κ1) is 45.7. The third kappa shape index (κ3) is 11.4. The van der Waals surface area contributed by atoms with Crippen LogP contribution in [0.2, 0.25) is 0 Å². The summed E-state index contributed by atoms with van der Waals surface area (Å²) in [5.74, 6) is -1.01. The lowest BCUT2D eigenvalue weighted by molar-refractivity contribution is -0.116. The molecule has 14 nitrogen and oxygen atoms in total. The molecule has 4 amide bonds. The molecule has 2 heterocycles. The number of hydrogen-bond acceptors (Lipinski definition) is 12. The SMILES string of the molecule is COC(=O)c1c(NC(=O)C(Sc2cccc(NC(=O)/C(=C\c3cc(OC)c(OC)cc3OC)NC(=O)c3ccccc3)c2)c2ccccc2)sc2c1CCN(C(=O)OC(C)(C)C)C2. The van der Waals surface area contributed by atoms with E-state index in [9.17, 15) is 24.0 Å². The number of hydrogen-bond donors (Lipinski definition) is 3. The minimum absolute atomic E-state index is 0.0942. The van der Waals surface area contributed by atoms with Crippen LogP contribution in [0.5, 0.6) is 17.2 Å². The van der Waals surface area contributed by atoms with Crippen LogP contribution in [0, 0.1) is 0 Å². The molecule has 6 rings (SSSR count). The number of esters is 1. The fourth-order valence-corrected chi connectivity index (χ4v) is 8.95. The summed E-state index contributed by atoms with van der Waals surface area (Å²) in [7, 11) is 5.73. The summed E-state index contributed by atoms with van der Waals surface area (Å²) in [6, 6.07) is 27.8. The summed E-state index contributed by atoms with van der Waals surface area (Å²) in [4.78, 5) is 71.0. The highest BCUT2D eigenvalue weighted by molar-refractivity contribution is 8.00. The lowest BCUT2D eigenvalue weighted by Gasteiger charge is -2.30. The second kappa shape index (κ2) is 20.4. The highest BCUT2D eigenvalue weighted by Crippen LogP contribution is 2.42. The lowest BCUT2D eigenvalue weighted by atomic mass is 10.0. The monoisotopic (exact) mass is 892 g/mol. The van der Waals surface area contributed by atoms with Gasteiger partial charge in [-0.05, 0) is 80.8 Å². The average Bonchev–Trinajstić information content (AvgIpc) is 3.64. The second-order valence-electron chi connectivity index (χ2n) is 15.1. The number of nitrogens with zero attached hydrogens (tertiary/aromatic N) is 1. The molecule has 4 aromatic carbocycles. The molecule has 5 aromatic rings. The Labute approximate surface area is 373 Å². The van der Waals surface area contributed by atoms with Crippen molar-refractivity contribution in [3.63, 3.8) is 0 Å². The summed E-state index contributed by atoms with van der Waals surface area (Å²) < 4.78 is 27.3.